The highest BCUT2D eigenvalue weighted by molar-refractivity contribution is 5.49. The van der Waals surface area contributed by atoms with Gasteiger partial charge in [0.1, 0.15) is 11.6 Å². The van der Waals surface area contributed by atoms with E-state index in [1.165, 1.54) is 12.1 Å². The number of hydrogen-bond acceptors (Lipinski definition) is 0. The van der Waals surface area contributed by atoms with Crippen LogP contribution in [0, 0.1) is 17.6 Å². The molecule has 1 aromatic carbocycles. The number of hydrogen-bond donors (Lipinski definition) is 0. The van der Waals surface area contributed by atoms with Crippen LogP contribution in [0.3, 0.4) is 0 Å². The number of allylic oxidation sites excluding steroid dienone is 1. The second kappa shape index (κ2) is 7.16. The van der Waals surface area contributed by atoms with Crippen molar-refractivity contribution in [3.05, 3.63) is 41.5 Å². The summed E-state index contributed by atoms with van der Waals surface area (Å²) in [5.41, 5.74) is 0.426. The van der Waals surface area contributed by atoms with Crippen molar-refractivity contribution in [3.8, 4) is 0 Å². The fraction of sp³-hybridized carbons (Fsp3) is 0.385. The highest BCUT2D eigenvalue weighted by Gasteiger charge is 1.99. The highest BCUT2D eigenvalue weighted by atomic mass is 19.1. The summed E-state index contributed by atoms with van der Waals surface area (Å²) < 4.78 is 25.5. The van der Waals surface area contributed by atoms with Crippen LogP contribution in [-0.4, -0.2) is 0 Å². The normalized spacial score (nSPS) is 10.3. The second-order valence-corrected chi connectivity index (χ2v) is 3.27. The molecular weight excluding hydrogens is 194 g/mol. The van der Waals surface area contributed by atoms with Gasteiger partial charge in [-0.1, -0.05) is 39.8 Å². The SMILES string of the molecule is CC.CC(C)/C=C/c1ccc(F)cc1F. The summed E-state index contributed by atoms with van der Waals surface area (Å²) in [4.78, 5) is 0. The fourth-order valence-electron chi connectivity index (χ4n) is 0.933. The second-order valence-electron chi connectivity index (χ2n) is 3.27. The van der Waals surface area contributed by atoms with Gasteiger partial charge in [0.25, 0.3) is 0 Å². The van der Waals surface area contributed by atoms with E-state index in [9.17, 15) is 8.78 Å². The van der Waals surface area contributed by atoms with Gasteiger partial charge >= 0.3 is 0 Å². The molecule has 0 aliphatic rings. The summed E-state index contributed by atoms with van der Waals surface area (Å²) in [5.74, 6) is -0.694. The van der Waals surface area contributed by atoms with Gasteiger partial charge in [-0.25, -0.2) is 8.78 Å². The molecule has 0 aromatic heterocycles. The Balaban J connectivity index is 0.000000921. The van der Waals surface area contributed by atoms with Crippen LogP contribution in [0.1, 0.15) is 33.3 Å². The number of halogens is 2. The smallest absolute Gasteiger partial charge is 0.133 e. The van der Waals surface area contributed by atoms with Crippen LogP contribution >= 0.6 is 0 Å². The van der Waals surface area contributed by atoms with Gasteiger partial charge in [0.2, 0.25) is 0 Å². The summed E-state index contributed by atoms with van der Waals surface area (Å²) in [6, 6.07) is 3.58. The first-order valence-corrected chi connectivity index (χ1v) is 5.23. The van der Waals surface area contributed by atoms with Gasteiger partial charge in [-0.15, -0.1) is 0 Å². The molecule has 0 nitrogen and oxygen atoms in total. The summed E-state index contributed by atoms with van der Waals surface area (Å²) in [7, 11) is 0. The minimum Gasteiger partial charge on any atom is -0.207 e. The van der Waals surface area contributed by atoms with Gasteiger partial charge < -0.3 is 0 Å². The van der Waals surface area contributed by atoms with Gasteiger partial charge in [0.15, 0.2) is 0 Å². The van der Waals surface area contributed by atoms with Gasteiger partial charge in [-0.2, -0.15) is 0 Å². The quantitative estimate of drug-likeness (QED) is 0.668. The molecule has 0 saturated carbocycles. The Labute approximate surface area is 90.6 Å². The third-order valence-corrected chi connectivity index (χ3v) is 1.62. The molecule has 0 fully saturated rings. The Morgan fingerprint density at radius 2 is 1.73 bits per heavy atom. The highest BCUT2D eigenvalue weighted by Crippen LogP contribution is 2.12. The van der Waals surface area contributed by atoms with Crippen molar-refractivity contribution < 1.29 is 8.78 Å². The predicted octanol–water partition coefficient (Wildman–Crippen LogP) is 4.66. The van der Waals surface area contributed by atoms with Crippen LogP contribution in [0.5, 0.6) is 0 Å². The maximum absolute atomic E-state index is 13.0. The molecule has 0 N–H and O–H groups in total. The summed E-state index contributed by atoms with van der Waals surface area (Å²) in [6.07, 6.45) is 3.54. The Bertz CT molecular complexity index is 314. The lowest BCUT2D eigenvalue weighted by Crippen LogP contribution is -1.85. The van der Waals surface area contributed by atoms with E-state index < -0.39 is 11.6 Å². The topological polar surface area (TPSA) is 0 Å². The standard InChI is InChI=1S/C11H12F2.C2H6/c1-8(2)3-4-9-5-6-10(12)7-11(9)13;1-2/h3-8H,1-2H3;1-2H3/b4-3+;. The first-order chi connectivity index (χ1) is 7.09. The van der Waals surface area contributed by atoms with Crippen LogP contribution in [0.2, 0.25) is 0 Å². The van der Waals surface area contributed by atoms with E-state index in [-0.39, 0.29) is 0 Å². The van der Waals surface area contributed by atoms with E-state index in [2.05, 4.69) is 0 Å². The lowest BCUT2D eigenvalue weighted by molar-refractivity contribution is 0.581. The van der Waals surface area contributed by atoms with Gasteiger partial charge in [-0.05, 0) is 18.1 Å². The molecule has 0 aliphatic carbocycles. The van der Waals surface area contributed by atoms with Crippen LogP contribution in [0.25, 0.3) is 6.08 Å². The van der Waals surface area contributed by atoms with Crippen molar-refractivity contribution in [1.82, 2.24) is 0 Å². The Morgan fingerprint density at radius 3 is 2.20 bits per heavy atom. The Hall–Kier alpha value is -1.18. The van der Waals surface area contributed by atoms with Crippen molar-refractivity contribution in [2.24, 2.45) is 5.92 Å². The van der Waals surface area contributed by atoms with E-state index >= 15 is 0 Å². The lowest BCUT2D eigenvalue weighted by atomic mass is 10.1. The minimum atomic E-state index is -0.542. The van der Waals surface area contributed by atoms with Gasteiger partial charge in [0.05, 0.1) is 0 Å². The summed E-state index contributed by atoms with van der Waals surface area (Å²) >= 11 is 0. The molecule has 0 atom stereocenters. The summed E-state index contributed by atoms with van der Waals surface area (Å²) in [6.45, 7) is 8.00. The third kappa shape index (κ3) is 5.31. The van der Waals surface area contributed by atoms with E-state index in [1.54, 1.807) is 6.08 Å². The molecule has 1 rings (SSSR count). The number of rotatable bonds is 2. The molecule has 0 radical (unpaired) electrons. The predicted molar refractivity (Wildman–Crippen MR) is 61.6 cm³/mol. The van der Waals surface area contributed by atoms with E-state index in [4.69, 9.17) is 0 Å². The molecule has 0 bridgehead atoms. The lowest BCUT2D eigenvalue weighted by Gasteiger charge is -1.97. The zero-order chi connectivity index (χ0) is 11.8. The molecule has 0 unspecified atom stereocenters. The Kier molecular flexibility index (Phi) is 6.59. The van der Waals surface area contributed by atoms with Crippen molar-refractivity contribution in [2.45, 2.75) is 27.7 Å². The van der Waals surface area contributed by atoms with Crippen LogP contribution in [-0.2, 0) is 0 Å². The van der Waals surface area contributed by atoms with E-state index in [1.807, 2.05) is 33.8 Å². The molecule has 2 heteroatoms. The van der Waals surface area contributed by atoms with Crippen LogP contribution in [0.4, 0.5) is 8.78 Å². The van der Waals surface area contributed by atoms with Crippen molar-refractivity contribution in [2.75, 3.05) is 0 Å². The maximum atomic E-state index is 13.0. The monoisotopic (exact) mass is 212 g/mol. The fourth-order valence-corrected chi connectivity index (χ4v) is 0.933. The molecule has 0 spiro atoms. The van der Waals surface area contributed by atoms with Gasteiger partial charge in [0, 0.05) is 11.6 Å². The van der Waals surface area contributed by atoms with Crippen molar-refractivity contribution in [1.29, 1.82) is 0 Å². The summed E-state index contributed by atoms with van der Waals surface area (Å²) in [5, 5.41) is 0. The largest absolute Gasteiger partial charge is 0.207 e. The molecule has 0 aliphatic heterocycles. The Morgan fingerprint density at radius 1 is 1.13 bits per heavy atom. The first-order valence-electron chi connectivity index (χ1n) is 5.23. The van der Waals surface area contributed by atoms with Crippen LogP contribution < -0.4 is 0 Å². The number of benzene rings is 1. The zero-order valence-electron chi connectivity index (χ0n) is 9.72. The molecular formula is C13H18F2. The van der Waals surface area contributed by atoms with Crippen molar-refractivity contribution in [3.63, 3.8) is 0 Å². The minimum absolute atomic E-state index is 0.365. The van der Waals surface area contributed by atoms with E-state index in [0.717, 1.165) is 6.07 Å². The molecule has 15 heavy (non-hydrogen) atoms. The van der Waals surface area contributed by atoms with Crippen molar-refractivity contribution >= 4 is 6.08 Å². The molecule has 0 amide bonds. The maximum Gasteiger partial charge on any atom is 0.133 e. The van der Waals surface area contributed by atoms with Gasteiger partial charge in [-0.3, -0.25) is 0 Å². The average molecular weight is 212 g/mol. The molecule has 0 saturated heterocycles. The molecule has 84 valence electrons. The third-order valence-electron chi connectivity index (χ3n) is 1.62. The van der Waals surface area contributed by atoms with E-state index in [0.29, 0.717) is 11.5 Å². The molecule has 0 heterocycles. The average Bonchev–Trinajstić information content (AvgIpc) is 2.19. The molecule has 1 aromatic rings. The van der Waals surface area contributed by atoms with Crippen LogP contribution in [0.15, 0.2) is 24.3 Å². The first kappa shape index (κ1) is 13.8. The zero-order valence-corrected chi connectivity index (χ0v) is 9.72.